The summed E-state index contributed by atoms with van der Waals surface area (Å²) in [4.78, 5) is 0. The molecule has 1 aromatic rings. The van der Waals surface area contributed by atoms with Crippen molar-refractivity contribution in [2.45, 2.75) is 35.8 Å². The van der Waals surface area contributed by atoms with Gasteiger partial charge in [0.05, 0.1) is 11.0 Å². The second-order valence-electron chi connectivity index (χ2n) is 4.42. The topological polar surface area (TPSA) is 58.4 Å². The summed E-state index contributed by atoms with van der Waals surface area (Å²) in [7, 11) is 0. The number of hydrogen-bond donors (Lipinski definition) is 1. The lowest BCUT2D eigenvalue weighted by atomic mass is 9.98. The number of aryl methyl sites for hydroxylation is 1. The summed E-state index contributed by atoms with van der Waals surface area (Å²) in [6.45, 7) is 1.96. The van der Waals surface area contributed by atoms with Crippen molar-refractivity contribution in [2.24, 2.45) is 17.0 Å². The average molecular weight is 255 g/mol. The minimum absolute atomic E-state index is 0.330. The van der Waals surface area contributed by atoms with Crippen molar-refractivity contribution in [3.63, 3.8) is 0 Å². The minimum Gasteiger partial charge on any atom is -0.411 e. The molecule has 2 saturated carbocycles. The Hall–Kier alpha value is -0.620. The second-order valence-corrected chi connectivity index (χ2v) is 6.99. The molecule has 0 radical (unpaired) electrons. The normalized spacial score (nSPS) is 35.1. The van der Waals surface area contributed by atoms with Gasteiger partial charge in [-0.1, -0.05) is 28.3 Å². The molecule has 1 heterocycles. The number of thioether (sulfide) groups is 1. The van der Waals surface area contributed by atoms with Crippen molar-refractivity contribution < 1.29 is 5.21 Å². The summed E-state index contributed by atoms with van der Waals surface area (Å²) in [6, 6.07) is 0. The van der Waals surface area contributed by atoms with E-state index in [1.807, 2.05) is 6.92 Å². The number of rotatable bonds is 2. The Labute approximate surface area is 102 Å². The van der Waals surface area contributed by atoms with E-state index in [0.717, 1.165) is 15.1 Å². The van der Waals surface area contributed by atoms with E-state index in [-0.39, 0.29) is 0 Å². The van der Waals surface area contributed by atoms with E-state index in [1.165, 1.54) is 19.3 Å². The van der Waals surface area contributed by atoms with Crippen molar-refractivity contribution in [1.82, 2.24) is 10.2 Å². The van der Waals surface area contributed by atoms with E-state index in [0.29, 0.717) is 17.1 Å². The van der Waals surface area contributed by atoms with E-state index < -0.39 is 0 Å². The van der Waals surface area contributed by atoms with E-state index in [1.54, 1.807) is 23.1 Å². The minimum atomic E-state index is 0.330. The zero-order chi connectivity index (χ0) is 11.1. The number of nitrogens with zero attached hydrogens (tertiary/aromatic N) is 3. The number of hydrogen-bond acceptors (Lipinski definition) is 6. The summed E-state index contributed by atoms with van der Waals surface area (Å²) in [5, 5.41) is 22.1. The molecule has 86 valence electrons. The standard InChI is InChI=1S/C10H13N3OS2/c1-5-11-12-10(15-5)16-9-7-3-2-6(4-7)8(9)13-14/h6-7,9,14H,2-4H2,1H3/b13-8+/t6-,7+,9-/m0/s1. The monoisotopic (exact) mass is 255 g/mol. The van der Waals surface area contributed by atoms with Gasteiger partial charge >= 0.3 is 0 Å². The Morgan fingerprint density at radius 3 is 3.00 bits per heavy atom. The van der Waals surface area contributed by atoms with Crippen LogP contribution in [0.15, 0.2) is 9.50 Å². The molecule has 3 rings (SSSR count). The zero-order valence-electron chi connectivity index (χ0n) is 8.96. The van der Waals surface area contributed by atoms with Crippen LogP contribution >= 0.6 is 23.1 Å². The van der Waals surface area contributed by atoms with Crippen LogP contribution in [0.2, 0.25) is 0 Å². The SMILES string of the molecule is Cc1nnc(S[C@@H]2/C(=N/O)[C@H]3CC[C@@H]2C3)s1. The predicted molar refractivity (Wildman–Crippen MR) is 64.3 cm³/mol. The molecule has 0 spiro atoms. The van der Waals surface area contributed by atoms with Crippen LogP contribution in [0.1, 0.15) is 24.3 Å². The van der Waals surface area contributed by atoms with E-state index in [4.69, 9.17) is 5.21 Å². The molecular formula is C10H13N3OS2. The molecule has 16 heavy (non-hydrogen) atoms. The van der Waals surface area contributed by atoms with Gasteiger partial charge < -0.3 is 5.21 Å². The summed E-state index contributed by atoms with van der Waals surface area (Å²) < 4.78 is 0.996. The fourth-order valence-electron chi connectivity index (χ4n) is 2.76. The molecule has 2 aliphatic carbocycles. The highest BCUT2D eigenvalue weighted by atomic mass is 32.2. The Balaban J connectivity index is 1.80. The third-order valence-corrected chi connectivity index (χ3v) is 5.80. The van der Waals surface area contributed by atoms with Gasteiger partial charge in [-0.05, 0) is 32.1 Å². The average Bonchev–Trinajstić information content (AvgIpc) is 2.94. The molecular weight excluding hydrogens is 242 g/mol. The molecule has 2 fully saturated rings. The summed E-state index contributed by atoms with van der Waals surface area (Å²) in [6.07, 6.45) is 3.64. The van der Waals surface area contributed by atoms with Crippen molar-refractivity contribution in [3.05, 3.63) is 5.01 Å². The van der Waals surface area contributed by atoms with Crippen LogP contribution in [0.25, 0.3) is 0 Å². The highest BCUT2D eigenvalue weighted by molar-refractivity contribution is 8.02. The number of oxime groups is 1. The Bertz CT molecular complexity index is 431. The molecule has 1 aromatic heterocycles. The fraction of sp³-hybridized carbons (Fsp3) is 0.700. The lowest BCUT2D eigenvalue weighted by Gasteiger charge is -2.20. The number of fused-ring (bicyclic) bond motifs is 2. The van der Waals surface area contributed by atoms with Crippen LogP contribution in [0.5, 0.6) is 0 Å². The first-order chi connectivity index (χ1) is 7.78. The van der Waals surface area contributed by atoms with E-state index >= 15 is 0 Å². The van der Waals surface area contributed by atoms with Gasteiger partial charge in [0.25, 0.3) is 0 Å². The number of aromatic nitrogens is 2. The highest BCUT2D eigenvalue weighted by Crippen LogP contribution is 2.49. The quantitative estimate of drug-likeness (QED) is 0.652. The van der Waals surface area contributed by atoms with Gasteiger partial charge in [-0.2, -0.15) is 0 Å². The third kappa shape index (κ3) is 1.64. The van der Waals surface area contributed by atoms with Crippen molar-refractivity contribution in [1.29, 1.82) is 0 Å². The van der Waals surface area contributed by atoms with Gasteiger partial charge in [0.15, 0.2) is 4.34 Å². The van der Waals surface area contributed by atoms with Crippen LogP contribution in [-0.2, 0) is 0 Å². The van der Waals surface area contributed by atoms with Crippen molar-refractivity contribution in [3.8, 4) is 0 Å². The molecule has 6 heteroatoms. The van der Waals surface area contributed by atoms with Gasteiger partial charge in [0.2, 0.25) is 0 Å². The Kier molecular flexibility index (Phi) is 2.63. The molecule has 0 saturated heterocycles. The van der Waals surface area contributed by atoms with Crippen LogP contribution in [0, 0.1) is 18.8 Å². The van der Waals surface area contributed by atoms with E-state index in [9.17, 15) is 0 Å². The molecule has 0 unspecified atom stereocenters. The maximum atomic E-state index is 9.08. The van der Waals surface area contributed by atoms with Crippen LogP contribution in [-0.4, -0.2) is 26.4 Å². The maximum absolute atomic E-state index is 9.08. The largest absolute Gasteiger partial charge is 0.411 e. The van der Waals surface area contributed by atoms with E-state index in [2.05, 4.69) is 15.4 Å². The fourth-order valence-corrected chi connectivity index (χ4v) is 5.15. The van der Waals surface area contributed by atoms with Gasteiger partial charge in [0, 0.05) is 5.92 Å². The first-order valence-electron chi connectivity index (χ1n) is 5.46. The predicted octanol–water partition coefficient (Wildman–Crippen LogP) is 2.57. The molecule has 3 atom stereocenters. The second kappa shape index (κ2) is 4.00. The third-order valence-electron chi connectivity index (χ3n) is 3.46. The van der Waals surface area contributed by atoms with Crippen LogP contribution in [0.4, 0.5) is 0 Å². The smallest absolute Gasteiger partial charge is 0.174 e. The molecule has 4 nitrogen and oxygen atoms in total. The maximum Gasteiger partial charge on any atom is 0.174 e. The van der Waals surface area contributed by atoms with Gasteiger partial charge in [0.1, 0.15) is 5.01 Å². The van der Waals surface area contributed by atoms with Gasteiger partial charge in [-0.3, -0.25) is 0 Å². The molecule has 2 aliphatic rings. The summed E-state index contributed by atoms with van der Waals surface area (Å²) in [5.74, 6) is 1.19. The van der Waals surface area contributed by atoms with Crippen LogP contribution in [0.3, 0.4) is 0 Å². The molecule has 0 aromatic carbocycles. The van der Waals surface area contributed by atoms with Crippen molar-refractivity contribution in [2.75, 3.05) is 0 Å². The molecule has 0 aliphatic heterocycles. The summed E-state index contributed by atoms with van der Waals surface area (Å²) in [5.41, 5.74) is 0.981. The Morgan fingerprint density at radius 2 is 2.31 bits per heavy atom. The van der Waals surface area contributed by atoms with Gasteiger partial charge in [-0.25, -0.2) is 0 Å². The molecule has 2 bridgehead atoms. The van der Waals surface area contributed by atoms with Crippen molar-refractivity contribution >= 4 is 28.8 Å². The lowest BCUT2D eigenvalue weighted by Crippen LogP contribution is -2.24. The highest BCUT2D eigenvalue weighted by Gasteiger charge is 2.46. The Morgan fingerprint density at radius 1 is 1.44 bits per heavy atom. The summed E-state index contributed by atoms with van der Waals surface area (Å²) >= 11 is 3.34. The van der Waals surface area contributed by atoms with Gasteiger partial charge in [-0.15, -0.1) is 10.2 Å². The first kappa shape index (κ1) is 10.5. The first-order valence-corrected chi connectivity index (χ1v) is 7.16. The molecule has 0 amide bonds. The lowest BCUT2D eigenvalue weighted by molar-refractivity contribution is 0.314. The molecule has 1 N–H and O–H groups in total. The zero-order valence-corrected chi connectivity index (χ0v) is 10.6. The van der Waals surface area contributed by atoms with Crippen LogP contribution < -0.4 is 0 Å².